The van der Waals surface area contributed by atoms with Crippen molar-refractivity contribution in [3.05, 3.63) is 0 Å². The van der Waals surface area contributed by atoms with E-state index in [0.29, 0.717) is 0 Å². The van der Waals surface area contributed by atoms with Crippen molar-refractivity contribution >= 4 is 11.9 Å². The van der Waals surface area contributed by atoms with Crippen LogP contribution in [0.2, 0.25) is 0 Å². The minimum atomic E-state index is -4.74. The Balaban J connectivity index is 2.47. The second-order valence-electron chi connectivity index (χ2n) is 7.06. The SMILES string of the molecule is CCOC(=O)[C@H]1[C@H](C(F)(F)F)[C@@](C)(C(=O)OC)N[C@H]1C1CCCCC1. The Kier molecular flexibility index (Phi) is 6.01. The molecule has 0 aromatic heterocycles. The van der Waals surface area contributed by atoms with Gasteiger partial charge in [-0.15, -0.1) is 0 Å². The first-order valence-corrected chi connectivity index (χ1v) is 8.76. The topological polar surface area (TPSA) is 64.6 Å². The quantitative estimate of drug-likeness (QED) is 0.776. The maximum absolute atomic E-state index is 13.9. The van der Waals surface area contributed by atoms with E-state index in [9.17, 15) is 22.8 Å². The zero-order chi connectivity index (χ0) is 18.8. The first-order valence-electron chi connectivity index (χ1n) is 8.76. The minimum absolute atomic E-state index is 0.00770. The van der Waals surface area contributed by atoms with E-state index in [1.54, 1.807) is 6.92 Å². The van der Waals surface area contributed by atoms with Crippen LogP contribution in [-0.2, 0) is 19.1 Å². The van der Waals surface area contributed by atoms with Gasteiger partial charge in [0.05, 0.1) is 25.6 Å². The molecule has 0 aromatic carbocycles. The highest BCUT2D eigenvalue weighted by molar-refractivity contribution is 5.85. The highest BCUT2D eigenvalue weighted by atomic mass is 19.4. The summed E-state index contributed by atoms with van der Waals surface area (Å²) in [5, 5.41) is 2.84. The van der Waals surface area contributed by atoms with Crippen LogP contribution in [0.3, 0.4) is 0 Å². The third-order valence-electron chi connectivity index (χ3n) is 5.51. The van der Waals surface area contributed by atoms with Gasteiger partial charge in [-0.05, 0) is 32.6 Å². The second-order valence-corrected chi connectivity index (χ2v) is 7.06. The molecule has 1 heterocycles. The van der Waals surface area contributed by atoms with Crippen LogP contribution < -0.4 is 5.32 Å². The lowest BCUT2D eigenvalue weighted by molar-refractivity contribution is -0.210. The average Bonchev–Trinajstić information content (AvgIpc) is 2.90. The number of rotatable bonds is 4. The number of carbonyl (C=O) groups excluding carboxylic acids is 2. The third kappa shape index (κ3) is 3.78. The Hall–Kier alpha value is -1.31. The lowest BCUT2D eigenvalue weighted by atomic mass is 9.74. The van der Waals surface area contributed by atoms with E-state index < -0.39 is 41.5 Å². The summed E-state index contributed by atoms with van der Waals surface area (Å²) in [6, 6.07) is -0.755. The summed E-state index contributed by atoms with van der Waals surface area (Å²) in [5.74, 6) is -5.65. The first-order chi connectivity index (χ1) is 11.7. The lowest BCUT2D eigenvalue weighted by Gasteiger charge is -2.32. The lowest BCUT2D eigenvalue weighted by Crippen LogP contribution is -2.56. The van der Waals surface area contributed by atoms with Crippen molar-refractivity contribution in [3.8, 4) is 0 Å². The van der Waals surface area contributed by atoms with Crippen molar-refractivity contribution < 1.29 is 32.2 Å². The molecule has 1 aliphatic heterocycles. The molecule has 1 aliphatic carbocycles. The molecule has 0 amide bonds. The molecule has 2 rings (SSSR count). The zero-order valence-electron chi connectivity index (χ0n) is 14.8. The molecule has 5 nitrogen and oxygen atoms in total. The number of ether oxygens (including phenoxy) is 2. The average molecular weight is 365 g/mol. The molecular formula is C17H26F3NO4. The van der Waals surface area contributed by atoms with Crippen molar-refractivity contribution in [3.63, 3.8) is 0 Å². The molecular weight excluding hydrogens is 339 g/mol. The smallest absolute Gasteiger partial charge is 0.395 e. The van der Waals surface area contributed by atoms with Gasteiger partial charge in [-0.1, -0.05) is 19.3 Å². The van der Waals surface area contributed by atoms with Gasteiger partial charge in [0.2, 0.25) is 0 Å². The van der Waals surface area contributed by atoms with E-state index in [2.05, 4.69) is 10.1 Å². The molecule has 0 radical (unpaired) electrons. The zero-order valence-corrected chi connectivity index (χ0v) is 14.8. The molecule has 8 heteroatoms. The van der Waals surface area contributed by atoms with Crippen LogP contribution in [0.25, 0.3) is 0 Å². The molecule has 25 heavy (non-hydrogen) atoms. The van der Waals surface area contributed by atoms with Crippen LogP contribution in [0, 0.1) is 17.8 Å². The van der Waals surface area contributed by atoms with E-state index in [4.69, 9.17) is 4.74 Å². The molecule has 2 fully saturated rings. The maximum atomic E-state index is 13.9. The predicted octanol–water partition coefficient (Wildman–Crippen LogP) is 2.83. The number of hydrogen-bond acceptors (Lipinski definition) is 5. The van der Waals surface area contributed by atoms with Gasteiger partial charge in [-0.25, -0.2) is 0 Å². The number of esters is 2. The standard InChI is InChI=1S/C17H26F3NO4/c1-4-25-14(22)11-12(10-8-6-5-7-9-10)21-16(2,15(23)24-3)13(11)17(18,19)20/h10-13,21H,4-9H2,1-3H3/t11-,12+,13+,16+/m1/s1. The van der Waals surface area contributed by atoms with E-state index in [1.165, 1.54) is 6.92 Å². The summed E-state index contributed by atoms with van der Waals surface area (Å²) in [6.07, 6.45) is -0.431. The fraction of sp³-hybridized carbons (Fsp3) is 0.882. The highest BCUT2D eigenvalue weighted by Crippen LogP contribution is 2.50. The number of methoxy groups -OCH3 is 1. The molecule has 2 aliphatic rings. The van der Waals surface area contributed by atoms with E-state index >= 15 is 0 Å². The first kappa shape index (κ1) is 20.0. The summed E-state index contributed by atoms with van der Waals surface area (Å²) in [7, 11) is 1.05. The van der Waals surface area contributed by atoms with Gasteiger partial charge in [0.15, 0.2) is 0 Å². The summed E-state index contributed by atoms with van der Waals surface area (Å²) in [4.78, 5) is 24.7. The molecule has 1 N–H and O–H groups in total. The highest BCUT2D eigenvalue weighted by Gasteiger charge is 2.68. The van der Waals surface area contributed by atoms with Crippen LogP contribution in [0.4, 0.5) is 13.2 Å². The predicted molar refractivity (Wildman–Crippen MR) is 83.6 cm³/mol. The molecule has 0 unspecified atom stereocenters. The van der Waals surface area contributed by atoms with E-state index in [0.717, 1.165) is 39.2 Å². The van der Waals surface area contributed by atoms with Gasteiger partial charge in [-0.3, -0.25) is 14.9 Å². The molecule has 0 aromatic rings. The normalized spacial score (nSPS) is 33.9. The van der Waals surface area contributed by atoms with Gasteiger partial charge in [0, 0.05) is 6.04 Å². The van der Waals surface area contributed by atoms with E-state index in [1.807, 2.05) is 0 Å². The van der Waals surface area contributed by atoms with Crippen LogP contribution in [0.15, 0.2) is 0 Å². The van der Waals surface area contributed by atoms with Crippen molar-refractivity contribution in [1.82, 2.24) is 5.32 Å². The molecule has 0 spiro atoms. The van der Waals surface area contributed by atoms with Gasteiger partial charge >= 0.3 is 18.1 Å². The Bertz CT molecular complexity index is 505. The van der Waals surface area contributed by atoms with Crippen molar-refractivity contribution in [2.75, 3.05) is 13.7 Å². The summed E-state index contributed by atoms with van der Waals surface area (Å²) < 4.78 is 51.2. The number of carbonyl (C=O) groups is 2. The van der Waals surface area contributed by atoms with Crippen LogP contribution in [0.1, 0.15) is 46.0 Å². The van der Waals surface area contributed by atoms with Gasteiger partial charge in [0.1, 0.15) is 5.54 Å². The Morgan fingerprint density at radius 1 is 1.20 bits per heavy atom. The maximum Gasteiger partial charge on any atom is 0.395 e. The van der Waals surface area contributed by atoms with Gasteiger partial charge in [-0.2, -0.15) is 13.2 Å². The van der Waals surface area contributed by atoms with Crippen LogP contribution in [-0.4, -0.2) is 43.4 Å². The summed E-state index contributed by atoms with van der Waals surface area (Å²) in [5.41, 5.74) is -2.01. The van der Waals surface area contributed by atoms with E-state index in [-0.39, 0.29) is 12.5 Å². The minimum Gasteiger partial charge on any atom is -0.468 e. The molecule has 1 saturated heterocycles. The van der Waals surface area contributed by atoms with Gasteiger partial charge < -0.3 is 9.47 Å². The number of hydrogen-bond donors (Lipinski definition) is 1. The van der Waals surface area contributed by atoms with Crippen molar-refractivity contribution in [2.45, 2.75) is 63.7 Å². The van der Waals surface area contributed by atoms with Crippen molar-refractivity contribution in [1.29, 1.82) is 0 Å². The summed E-state index contributed by atoms with van der Waals surface area (Å²) in [6.45, 7) is 2.72. The molecule has 144 valence electrons. The summed E-state index contributed by atoms with van der Waals surface area (Å²) >= 11 is 0. The van der Waals surface area contributed by atoms with Gasteiger partial charge in [0.25, 0.3) is 0 Å². The largest absolute Gasteiger partial charge is 0.468 e. The van der Waals surface area contributed by atoms with Crippen LogP contribution in [0.5, 0.6) is 0 Å². The Labute approximate surface area is 145 Å². The fourth-order valence-corrected chi connectivity index (χ4v) is 4.45. The molecule has 0 bridgehead atoms. The molecule has 1 saturated carbocycles. The molecule has 4 atom stereocenters. The number of nitrogens with one attached hydrogen (secondary N) is 1. The van der Waals surface area contributed by atoms with Crippen molar-refractivity contribution in [2.24, 2.45) is 17.8 Å². The monoisotopic (exact) mass is 365 g/mol. The number of alkyl halides is 3. The third-order valence-corrected chi connectivity index (χ3v) is 5.51. The van der Waals surface area contributed by atoms with Crippen LogP contribution >= 0.6 is 0 Å². The Morgan fingerprint density at radius 3 is 2.28 bits per heavy atom. The number of halogens is 3. The Morgan fingerprint density at radius 2 is 1.80 bits per heavy atom. The second kappa shape index (κ2) is 7.51. The fourth-order valence-electron chi connectivity index (χ4n) is 4.45.